The quantitative estimate of drug-likeness (QED) is 0.547. The fraction of sp³-hybridized carbons (Fsp3) is 0.333. The van der Waals surface area contributed by atoms with Crippen molar-refractivity contribution in [3.63, 3.8) is 0 Å². The molecule has 0 spiro atoms. The van der Waals surface area contributed by atoms with E-state index in [9.17, 15) is 0 Å². The standard InChI is InChI=1S/C12H16/c1-9(2)12-10(3)7-5-6-8-11(12)4/h5,7-8H,1,6H2,2-4H3. The maximum absolute atomic E-state index is 3.99. The summed E-state index contributed by atoms with van der Waals surface area (Å²) in [5.74, 6) is 0. The van der Waals surface area contributed by atoms with E-state index in [-0.39, 0.29) is 0 Å². The van der Waals surface area contributed by atoms with Crippen LogP contribution < -0.4 is 0 Å². The van der Waals surface area contributed by atoms with Gasteiger partial charge in [-0.25, -0.2) is 0 Å². The molecule has 0 aromatic rings. The first-order valence-corrected chi connectivity index (χ1v) is 4.33. The van der Waals surface area contributed by atoms with E-state index < -0.39 is 0 Å². The summed E-state index contributed by atoms with van der Waals surface area (Å²) in [5.41, 5.74) is 5.16. The summed E-state index contributed by atoms with van der Waals surface area (Å²) in [5, 5.41) is 0. The zero-order valence-electron chi connectivity index (χ0n) is 8.15. The second-order valence-corrected chi connectivity index (χ2v) is 3.36. The Morgan fingerprint density at radius 3 is 2.67 bits per heavy atom. The monoisotopic (exact) mass is 160 g/mol. The van der Waals surface area contributed by atoms with Crippen molar-refractivity contribution in [2.75, 3.05) is 0 Å². The smallest absolute Gasteiger partial charge is 0.0160 e. The minimum atomic E-state index is 1.04. The number of hydrogen-bond acceptors (Lipinski definition) is 0. The molecule has 0 fully saturated rings. The molecule has 0 saturated carbocycles. The molecular weight excluding hydrogens is 144 g/mol. The molecule has 1 aliphatic carbocycles. The highest BCUT2D eigenvalue weighted by atomic mass is 14.1. The minimum Gasteiger partial charge on any atom is -0.0955 e. The van der Waals surface area contributed by atoms with E-state index in [1.54, 1.807) is 0 Å². The largest absolute Gasteiger partial charge is 0.0955 e. The SMILES string of the molecule is C=C(C)C1=C(C)C=CCC=C1C. The van der Waals surface area contributed by atoms with Crippen molar-refractivity contribution in [2.45, 2.75) is 27.2 Å². The van der Waals surface area contributed by atoms with Crippen molar-refractivity contribution < 1.29 is 0 Å². The lowest BCUT2D eigenvalue weighted by atomic mass is 9.97. The predicted octanol–water partition coefficient (Wildman–Crippen LogP) is 3.79. The Kier molecular flexibility index (Phi) is 2.69. The van der Waals surface area contributed by atoms with Gasteiger partial charge in [0.25, 0.3) is 0 Å². The highest BCUT2D eigenvalue weighted by Crippen LogP contribution is 2.24. The number of hydrogen-bond donors (Lipinski definition) is 0. The van der Waals surface area contributed by atoms with Gasteiger partial charge in [0.2, 0.25) is 0 Å². The Balaban J connectivity index is 3.18. The van der Waals surface area contributed by atoms with E-state index in [0.717, 1.165) is 12.0 Å². The van der Waals surface area contributed by atoms with E-state index in [0.29, 0.717) is 0 Å². The first-order valence-electron chi connectivity index (χ1n) is 4.33. The van der Waals surface area contributed by atoms with Gasteiger partial charge in [0.05, 0.1) is 0 Å². The summed E-state index contributed by atoms with van der Waals surface area (Å²) >= 11 is 0. The van der Waals surface area contributed by atoms with Crippen LogP contribution in [0.5, 0.6) is 0 Å². The fourth-order valence-corrected chi connectivity index (χ4v) is 1.66. The van der Waals surface area contributed by atoms with Gasteiger partial charge in [-0.2, -0.15) is 0 Å². The summed E-state index contributed by atoms with van der Waals surface area (Å²) in [4.78, 5) is 0. The molecule has 0 bridgehead atoms. The van der Waals surface area contributed by atoms with Crippen LogP contribution in [0.4, 0.5) is 0 Å². The van der Waals surface area contributed by atoms with Crippen LogP contribution in [-0.2, 0) is 0 Å². The van der Waals surface area contributed by atoms with Gasteiger partial charge >= 0.3 is 0 Å². The van der Waals surface area contributed by atoms with Gasteiger partial charge in [-0.15, -0.1) is 0 Å². The van der Waals surface area contributed by atoms with Crippen molar-refractivity contribution in [1.82, 2.24) is 0 Å². The zero-order chi connectivity index (χ0) is 9.14. The van der Waals surface area contributed by atoms with Crippen molar-refractivity contribution in [2.24, 2.45) is 0 Å². The van der Waals surface area contributed by atoms with Crippen LogP contribution >= 0.6 is 0 Å². The normalized spacial score (nSPS) is 17.4. The second-order valence-electron chi connectivity index (χ2n) is 3.36. The molecule has 12 heavy (non-hydrogen) atoms. The third kappa shape index (κ3) is 1.76. The van der Waals surface area contributed by atoms with Gasteiger partial charge in [0, 0.05) is 0 Å². The van der Waals surface area contributed by atoms with Gasteiger partial charge in [-0.3, -0.25) is 0 Å². The Hall–Kier alpha value is -1.04. The maximum Gasteiger partial charge on any atom is -0.0160 e. The molecule has 64 valence electrons. The summed E-state index contributed by atoms with van der Waals surface area (Å²) in [7, 11) is 0. The lowest BCUT2D eigenvalue weighted by Gasteiger charge is -2.08. The van der Waals surface area contributed by atoms with Crippen molar-refractivity contribution >= 4 is 0 Å². The lowest BCUT2D eigenvalue weighted by molar-refractivity contribution is 1.26. The molecule has 0 aromatic heterocycles. The molecule has 0 nitrogen and oxygen atoms in total. The molecule has 0 radical (unpaired) electrons. The molecule has 0 saturated heterocycles. The average Bonchev–Trinajstić information content (AvgIpc) is 2.11. The van der Waals surface area contributed by atoms with Gasteiger partial charge < -0.3 is 0 Å². The van der Waals surface area contributed by atoms with E-state index in [4.69, 9.17) is 0 Å². The van der Waals surface area contributed by atoms with E-state index in [1.165, 1.54) is 16.7 Å². The highest BCUT2D eigenvalue weighted by molar-refractivity contribution is 5.50. The zero-order valence-corrected chi connectivity index (χ0v) is 8.15. The molecule has 0 atom stereocenters. The van der Waals surface area contributed by atoms with Crippen LogP contribution in [0.2, 0.25) is 0 Å². The summed E-state index contributed by atoms with van der Waals surface area (Å²) in [6.07, 6.45) is 7.66. The molecule has 0 heteroatoms. The van der Waals surface area contributed by atoms with E-state index in [2.05, 4.69) is 45.6 Å². The van der Waals surface area contributed by atoms with E-state index >= 15 is 0 Å². The molecule has 1 aliphatic rings. The molecule has 0 N–H and O–H groups in total. The second kappa shape index (κ2) is 3.57. The topological polar surface area (TPSA) is 0 Å². The summed E-state index contributed by atoms with van der Waals surface area (Å²) in [6, 6.07) is 0. The molecule has 0 aliphatic heterocycles. The van der Waals surface area contributed by atoms with Gasteiger partial charge in [0.15, 0.2) is 0 Å². The lowest BCUT2D eigenvalue weighted by Crippen LogP contribution is -1.89. The van der Waals surface area contributed by atoms with Crippen molar-refractivity contribution in [3.05, 3.63) is 47.1 Å². The summed E-state index contributed by atoms with van der Waals surface area (Å²) in [6.45, 7) is 10.3. The Morgan fingerprint density at radius 2 is 2.08 bits per heavy atom. The summed E-state index contributed by atoms with van der Waals surface area (Å²) < 4.78 is 0. The third-order valence-electron chi connectivity index (χ3n) is 2.14. The molecule has 0 heterocycles. The Labute approximate surface area is 75.0 Å². The van der Waals surface area contributed by atoms with Crippen LogP contribution in [0.3, 0.4) is 0 Å². The molecule has 1 rings (SSSR count). The van der Waals surface area contributed by atoms with Crippen LogP contribution in [0.1, 0.15) is 27.2 Å². The Bertz CT molecular complexity index is 285. The third-order valence-corrected chi connectivity index (χ3v) is 2.14. The van der Waals surface area contributed by atoms with Crippen LogP contribution in [0, 0.1) is 0 Å². The first-order chi connectivity index (χ1) is 5.63. The number of allylic oxidation sites excluding steroid dienone is 7. The van der Waals surface area contributed by atoms with Crippen molar-refractivity contribution in [1.29, 1.82) is 0 Å². The van der Waals surface area contributed by atoms with Crippen LogP contribution in [-0.4, -0.2) is 0 Å². The van der Waals surface area contributed by atoms with Gasteiger partial charge in [-0.1, -0.05) is 30.4 Å². The minimum absolute atomic E-state index is 1.04. The van der Waals surface area contributed by atoms with Crippen molar-refractivity contribution in [3.8, 4) is 0 Å². The van der Waals surface area contributed by atoms with Gasteiger partial charge in [0.1, 0.15) is 0 Å². The van der Waals surface area contributed by atoms with Crippen LogP contribution in [0.25, 0.3) is 0 Å². The average molecular weight is 160 g/mol. The predicted molar refractivity (Wildman–Crippen MR) is 55.0 cm³/mol. The fourth-order valence-electron chi connectivity index (χ4n) is 1.66. The highest BCUT2D eigenvalue weighted by Gasteiger charge is 2.05. The number of rotatable bonds is 1. The molecule has 0 amide bonds. The molecule has 0 unspecified atom stereocenters. The Morgan fingerprint density at radius 1 is 1.42 bits per heavy atom. The molecular formula is C12H16. The molecule has 0 aromatic carbocycles. The van der Waals surface area contributed by atoms with Gasteiger partial charge in [-0.05, 0) is 43.9 Å². The van der Waals surface area contributed by atoms with E-state index in [1.807, 2.05) is 0 Å². The first kappa shape index (κ1) is 9.05. The van der Waals surface area contributed by atoms with Crippen LogP contribution in [0.15, 0.2) is 47.1 Å². The maximum atomic E-state index is 3.99.